The van der Waals surface area contributed by atoms with Crippen LogP contribution >= 0.6 is 0 Å². The third-order valence-electron chi connectivity index (χ3n) is 3.51. The Balaban J connectivity index is 1.83. The van der Waals surface area contributed by atoms with Gasteiger partial charge in [0.1, 0.15) is 0 Å². The molecule has 1 N–H and O–H groups in total. The van der Waals surface area contributed by atoms with E-state index in [0.29, 0.717) is 12.1 Å². The maximum atomic E-state index is 5.39. The lowest BCUT2D eigenvalue weighted by molar-refractivity contribution is 0.0747. The highest BCUT2D eigenvalue weighted by molar-refractivity contribution is 5.15. The zero-order valence-electron chi connectivity index (χ0n) is 10.7. The second-order valence-electron chi connectivity index (χ2n) is 4.85. The number of nitrogens with one attached hydrogen (secondary N) is 1. The van der Waals surface area contributed by atoms with Gasteiger partial charge in [-0.15, -0.1) is 0 Å². The summed E-state index contributed by atoms with van der Waals surface area (Å²) in [6.45, 7) is 4.10. The van der Waals surface area contributed by atoms with Crippen LogP contribution in [0.5, 0.6) is 0 Å². The van der Waals surface area contributed by atoms with Crippen molar-refractivity contribution in [2.75, 3.05) is 13.2 Å². The standard InChI is InChI=1S/C15H23NO/c1-2-14(12-13-6-4-3-5-7-13)16-15-8-10-17-11-9-15/h3-7,14-16H,2,8-12H2,1H3. The molecule has 1 aliphatic rings. The van der Waals surface area contributed by atoms with E-state index in [-0.39, 0.29) is 0 Å². The molecule has 0 aliphatic carbocycles. The summed E-state index contributed by atoms with van der Waals surface area (Å²) < 4.78 is 5.39. The molecule has 1 heterocycles. The first-order valence-corrected chi connectivity index (χ1v) is 6.76. The molecule has 0 aromatic heterocycles. The SMILES string of the molecule is CCC(Cc1ccccc1)NC1CCOCC1. The van der Waals surface area contributed by atoms with E-state index in [1.807, 2.05) is 0 Å². The monoisotopic (exact) mass is 233 g/mol. The lowest BCUT2D eigenvalue weighted by atomic mass is 10.0. The third kappa shape index (κ3) is 4.14. The van der Waals surface area contributed by atoms with Crippen LogP contribution in [0, 0.1) is 0 Å². The van der Waals surface area contributed by atoms with Crippen molar-refractivity contribution in [3.05, 3.63) is 35.9 Å². The molecule has 1 atom stereocenters. The van der Waals surface area contributed by atoms with Crippen molar-refractivity contribution in [2.24, 2.45) is 0 Å². The van der Waals surface area contributed by atoms with Crippen LogP contribution in [0.2, 0.25) is 0 Å². The predicted molar refractivity (Wildman–Crippen MR) is 71.2 cm³/mol. The normalized spacial score (nSPS) is 19.1. The molecule has 1 aromatic rings. The highest BCUT2D eigenvalue weighted by Gasteiger charge is 2.17. The van der Waals surface area contributed by atoms with Crippen molar-refractivity contribution < 1.29 is 4.74 Å². The molecule has 2 rings (SSSR count). The van der Waals surface area contributed by atoms with E-state index < -0.39 is 0 Å². The number of hydrogen-bond donors (Lipinski definition) is 1. The summed E-state index contributed by atoms with van der Waals surface area (Å²) >= 11 is 0. The molecule has 1 unspecified atom stereocenters. The summed E-state index contributed by atoms with van der Waals surface area (Å²) in [5.41, 5.74) is 1.43. The van der Waals surface area contributed by atoms with Crippen LogP contribution in [0.3, 0.4) is 0 Å². The van der Waals surface area contributed by atoms with E-state index in [0.717, 1.165) is 32.5 Å². The van der Waals surface area contributed by atoms with Crippen molar-refractivity contribution in [3.8, 4) is 0 Å². The summed E-state index contributed by atoms with van der Waals surface area (Å²) in [4.78, 5) is 0. The summed E-state index contributed by atoms with van der Waals surface area (Å²) in [6.07, 6.45) is 4.64. The average Bonchev–Trinajstić information content (AvgIpc) is 2.40. The van der Waals surface area contributed by atoms with Crippen molar-refractivity contribution in [3.63, 3.8) is 0 Å². The molecular weight excluding hydrogens is 210 g/mol. The Morgan fingerprint density at radius 2 is 1.94 bits per heavy atom. The van der Waals surface area contributed by atoms with Gasteiger partial charge in [0.15, 0.2) is 0 Å². The quantitative estimate of drug-likeness (QED) is 0.844. The van der Waals surface area contributed by atoms with Crippen LogP contribution in [-0.4, -0.2) is 25.3 Å². The lowest BCUT2D eigenvalue weighted by Gasteiger charge is -2.28. The van der Waals surface area contributed by atoms with Crippen LogP contribution in [0.4, 0.5) is 0 Å². The minimum absolute atomic E-state index is 0.598. The van der Waals surface area contributed by atoms with Gasteiger partial charge in [-0.05, 0) is 31.2 Å². The summed E-state index contributed by atoms with van der Waals surface area (Å²) in [7, 11) is 0. The molecule has 0 radical (unpaired) electrons. The van der Waals surface area contributed by atoms with Gasteiger partial charge in [-0.25, -0.2) is 0 Å². The Bertz CT molecular complexity index is 306. The lowest BCUT2D eigenvalue weighted by Crippen LogP contribution is -2.42. The Hall–Kier alpha value is -0.860. The van der Waals surface area contributed by atoms with E-state index in [1.54, 1.807) is 0 Å². The average molecular weight is 233 g/mol. The van der Waals surface area contributed by atoms with Gasteiger partial charge in [0, 0.05) is 25.3 Å². The molecule has 2 nitrogen and oxygen atoms in total. The van der Waals surface area contributed by atoms with E-state index in [2.05, 4.69) is 42.6 Å². The van der Waals surface area contributed by atoms with E-state index in [1.165, 1.54) is 12.0 Å². The first-order chi connectivity index (χ1) is 8.38. The molecule has 0 bridgehead atoms. The molecule has 0 saturated carbocycles. The fourth-order valence-corrected chi connectivity index (χ4v) is 2.42. The summed E-state index contributed by atoms with van der Waals surface area (Å²) in [5.74, 6) is 0. The number of ether oxygens (including phenoxy) is 1. The number of rotatable bonds is 5. The van der Waals surface area contributed by atoms with Gasteiger partial charge >= 0.3 is 0 Å². The maximum Gasteiger partial charge on any atom is 0.0480 e. The molecule has 2 heteroatoms. The smallest absolute Gasteiger partial charge is 0.0480 e. The van der Waals surface area contributed by atoms with Crippen molar-refractivity contribution in [1.82, 2.24) is 5.32 Å². The van der Waals surface area contributed by atoms with Crippen molar-refractivity contribution >= 4 is 0 Å². The zero-order chi connectivity index (χ0) is 11.9. The second-order valence-corrected chi connectivity index (χ2v) is 4.85. The van der Waals surface area contributed by atoms with Crippen LogP contribution in [-0.2, 0) is 11.2 Å². The first-order valence-electron chi connectivity index (χ1n) is 6.76. The maximum absolute atomic E-state index is 5.39. The Morgan fingerprint density at radius 3 is 2.59 bits per heavy atom. The molecule has 17 heavy (non-hydrogen) atoms. The molecule has 1 fully saturated rings. The molecule has 0 amide bonds. The second kappa shape index (κ2) is 6.77. The van der Waals surface area contributed by atoms with E-state index in [9.17, 15) is 0 Å². The van der Waals surface area contributed by atoms with Gasteiger partial charge in [0.2, 0.25) is 0 Å². The highest BCUT2D eigenvalue weighted by Crippen LogP contribution is 2.11. The summed E-state index contributed by atoms with van der Waals surface area (Å²) in [6, 6.07) is 12.0. The largest absolute Gasteiger partial charge is 0.381 e. The van der Waals surface area contributed by atoms with Crippen LogP contribution in [0.1, 0.15) is 31.7 Å². The summed E-state index contributed by atoms with van der Waals surface area (Å²) in [5, 5.41) is 3.77. The van der Waals surface area contributed by atoms with E-state index >= 15 is 0 Å². The van der Waals surface area contributed by atoms with Crippen LogP contribution < -0.4 is 5.32 Å². The van der Waals surface area contributed by atoms with Crippen LogP contribution in [0.15, 0.2) is 30.3 Å². The van der Waals surface area contributed by atoms with Crippen molar-refractivity contribution in [1.29, 1.82) is 0 Å². The highest BCUT2D eigenvalue weighted by atomic mass is 16.5. The third-order valence-corrected chi connectivity index (χ3v) is 3.51. The van der Waals surface area contributed by atoms with Gasteiger partial charge in [0.25, 0.3) is 0 Å². The Labute approximate surface area is 104 Å². The molecule has 1 aliphatic heterocycles. The molecule has 94 valence electrons. The minimum atomic E-state index is 0.598. The molecular formula is C15H23NO. The van der Waals surface area contributed by atoms with Gasteiger partial charge in [-0.3, -0.25) is 0 Å². The van der Waals surface area contributed by atoms with Gasteiger partial charge < -0.3 is 10.1 Å². The minimum Gasteiger partial charge on any atom is -0.381 e. The van der Waals surface area contributed by atoms with Gasteiger partial charge in [-0.2, -0.15) is 0 Å². The predicted octanol–water partition coefficient (Wildman–Crippen LogP) is 2.78. The zero-order valence-corrected chi connectivity index (χ0v) is 10.7. The number of benzene rings is 1. The molecule has 1 aromatic carbocycles. The fourth-order valence-electron chi connectivity index (χ4n) is 2.42. The van der Waals surface area contributed by atoms with Crippen LogP contribution in [0.25, 0.3) is 0 Å². The molecule has 1 saturated heterocycles. The van der Waals surface area contributed by atoms with E-state index in [4.69, 9.17) is 4.74 Å². The Morgan fingerprint density at radius 1 is 1.24 bits per heavy atom. The fraction of sp³-hybridized carbons (Fsp3) is 0.600. The van der Waals surface area contributed by atoms with Gasteiger partial charge in [0.05, 0.1) is 0 Å². The number of hydrogen-bond acceptors (Lipinski definition) is 2. The first kappa shape index (κ1) is 12.6. The molecule has 0 spiro atoms. The Kier molecular flexibility index (Phi) is 5.02. The van der Waals surface area contributed by atoms with Gasteiger partial charge in [-0.1, -0.05) is 37.3 Å². The topological polar surface area (TPSA) is 21.3 Å². The van der Waals surface area contributed by atoms with Crippen molar-refractivity contribution in [2.45, 2.75) is 44.7 Å².